The monoisotopic (exact) mass is 346 g/mol. The van der Waals surface area contributed by atoms with Gasteiger partial charge in [-0.1, -0.05) is 42.5 Å². The van der Waals surface area contributed by atoms with E-state index in [1.54, 1.807) is 37.5 Å². The van der Waals surface area contributed by atoms with E-state index in [1.807, 2.05) is 30.3 Å². The van der Waals surface area contributed by atoms with Gasteiger partial charge in [-0.3, -0.25) is 4.79 Å². The highest BCUT2D eigenvalue weighted by Gasteiger charge is 2.29. The number of methoxy groups -OCH3 is 1. The van der Waals surface area contributed by atoms with Crippen LogP contribution in [0.5, 0.6) is 11.5 Å². The summed E-state index contributed by atoms with van der Waals surface area (Å²) < 4.78 is 24.4. The summed E-state index contributed by atoms with van der Waals surface area (Å²) in [6, 6.07) is 19.0. The van der Waals surface area contributed by atoms with Gasteiger partial charge in [0.2, 0.25) is 5.78 Å². The normalized spacial score (nSPS) is 14.2. The molecule has 1 aliphatic heterocycles. The van der Waals surface area contributed by atoms with Crippen LogP contribution in [0.3, 0.4) is 0 Å². The van der Waals surface area contributed by atoms with Crippen molar-refractivity contribution in [1.82, 2.24) is 0 Å². The van der Waals surface area contributed by atoms with Crippen molar-refractivity contribution in [3.05, 3.63) is 89.4 Å². The Hall–Kier alpha value is -3.40. The fourth-order valence-electron chi connectivity index (χ4n) is 2.94. The van der Waals surface area contributed by atoms with Crippen LogP contribution in [0, 0.1) is 5.82 Å². The zero-order chi connectivity index (χ0) is 18.1. The Morgan fingerprint density at radius 2 is 1.69 bits per heavy atom. The number of hydrogen-bond donors (Lipinski definition) is 0. The van der Waals surface area contributed by atoms with E-state index in [0.29, 0.717) is 22.6 Å². The van der Waals surface area contributed by atoms with Crippen LogP contribution >= 0.6 is 0 Å². The van der Waals surface area contributed by atoms with E-state index in [1.165, 1.54) is 12.1 Å². The zero-order valence-electron chi connectivity index (χ0n) is 14.0. The van der Waals surface area contributed by atoms with Gasteiger partial charge in [-0.05, 0) is 35.4 Å². The van der Waals surface area contributed by atoms with Crippen LogP contribution in [-0.4, -0.2) is 12.9 Å². The average Bonchev–Trinajstić information content (AvgIpc) is 2.97. The van der Waals surface area contributed by atoms with Crippen LogP contribution in [0.15, 0.2) is 72.5 Å². The third kappa shape index (κ3) is 2.86. The Morgan fingerprint density at radius 1 is 0.962 bits per heavy atom. The molecule has 0 unspecified atom stereocenters. The van der Waals surface area contributed by atoms with Crippen molar-refractivity contribution in [1.29, 1.82) is 0 Å². The van der Waals surface area contributed by atoms with Gasteiger partial charge in [0.15, 0.2) is 5.76 Å². The van der Waals surface area contributed by atoms with Crippen molar-refractivity contribution in [2.24, 2.45) is 0 Å². The lowest BCUT2D eigenvalue weighted by molar-refractivity contribution is 0.101. The maximum absolute atomic E-state index is 13.2. The first-order chi connectivity index (χ1) is 12.7. The summed E-state index contributed by atoms with van der Waals surface area (Å²) in [5.74, 6) is 0.782. The van der Waals surface area contributed by atoms with Crippen LogP contribution in [0.25, 0.3) is 17.2 Å². The van der Waals surface area contributed by atoms with Gasteiger partial charge in [-0.15, -0.1) is 0 Å². The number of carbonyl (C=O) groups excluding carboxylic acids is 1. The molecule has 0 spiro atoms. The Morgan fingerprint density at radius 3 is 2.38 bits per heavy atom. The minimum atomic E-state index is -0.318. The second-order valence-corrected chi connectivity index (χ2v) is 5.91. The van der Waals surface area contributed by atoms with Crippen LogP contribution in [0.2, 0.25) is 0 Å². The number of hydrogen-bond acceptors (Lipinski definition) is 3. The molecule has 3 nitrogen and oxygen atoms in total. The molecule has 0 saturated carbocycles. The van der Waals surface area contributed by atoms with Crippen LogP contribution in [0.1, 0.15) is 15.9 Å². The maximum atomic E-state index is 13.2. The summed E-state index contributed by atoms with van der Waals surface area (Å²) in [5, 5.41) is 0. The lowest BCUT2D eigenvalue weighted by Gasteiger charge is -2.10. The summed E-state index contributed by atoms with van der Waals surface area (Å²) >= 11 is 0. The molecular weight excluding hydrogens is 331 g/mol. The van der Waals surface area contributed by atoms with E-state index < -0.39 is 0 Å². The van der Waals surface area contributed by atoms with Crippen LogP contribution in [0.4, 0.5) is 4.39 Å². The number of ketones is 1. The minimum absolute atomic E-state index is 0.185. The van der Waals surface area contributed by atoms with Gasteiger partial charge in [0, 0.05) is 11.6 Å². The summed E-state index contributed by atoms with van der Waals surface area (Å²) in [6.07, 6.45) is 1.71. The number of benzene rings is 3. The molecule has 0 fully saturated rings. The van der Waals surface area contributed by atoms with Gasteiger partial charge < -0.3 is 9.47 Å². The number of rotatable bonds is 3. The molecule has 128 valence electrons. The molecule has 0 aromatic heterocycles. The highest BCUT2D eigenvalue weighted by Crippen LogP contribution is 2.41. The van der Waals surface area contributed by atoms with Gasteiger partial charge in [0.05, 0.1) is 12.7 Å². The largest absolute Gasteiger partial charge is 0.496 e. The Labute approximate surface area is 150 Å². The molecule has 26 heavy (non-hydrogen) atoms. The molecule has 0 radical (unpaired) electrons. The van der Waals surface area contributed by atoms with E-state index in [0.717, 1.165) is 11.1 Å². The molecule has 0 saturated heterocycles. The molecule has 1 heterocycles. The molecule has 1 aliphatic rings. The van der Waals surface area contributed by atoms with Crippen molar-refractivity contribution in [3.63, 3.8) is 0 Å². The number of carbonyl (C=O) groups is 1. The van der Waals surface area contributed by atoms with Gasteiger partial charge in [-0.2, -0.15) is 0 Å². The zero-order valence-corrected chi connectivity index (χ0v) is 14.0. The second-order valence-electron chi connectivity index (χ2n) is 5.91. The number of Topliss-reactive ketones (excluding diaryl/α,β-unsaturated/α-hetero) is 1. The van der Waals surface area contributed by atoms with Crippen molar-refractivity contribution in [3.8, 4) is 22.6 Å². The third-order valence-electron chi connectivity index (χ3n) is 4.24. The van der Waals surface area contributed by atoms with Gasteiger partial charge in [0.25, 0.3) is 0 Å². The lowest BCUT2D eigenvalue weighted by Crippen LogP contribution is -1.98. The molecule has 3 aromatic rings. The smallest absolute Gasteiger partial charge is 0.231 e. The fraction of sp³-hybridized carbons (Fsp3) is 0.0455. The van der Waals surface area contributed by atoms with E-state index >= 15 is 0 Å². The number of allylic oxidation sites excluding steroid dienone is 1. The van der Waals surface area contributed by atoms with Gasteiger partial charge in [-0.25, -0.2) is 4.39 Å². The quantitative estimate of drug-likeness (QED) is 0.618. The molecule has 4 heteroatoms. The predicted octanol–water partition coefficient (Wildman–Crippen LogP) is 5.12. The minimum Gasteiger partial charge on any atom is -0.496 e. The molecule has 0 amide bonds. The summed E-state index contributed by atoms with van der Waals surface area (Å²) in [4.78, 5) is 12.7. The van der Waals surface area contributed by atoms with E-state index in [4.69, 9.17) is 9.47 Å². The molecule has 0 N–H and O–H groups in total. The highest BCUT2D eigenvalue weighted by molar-refractivity contribution is 6.15. The van der Waals surface area contributed by atoms with Gasteiger partial charge >= 0.3 is 0 Å². The van der Waals surface area contributed by atoms with E-state index in [9.17, 15) is 9.18 Å². The Bertz CT molecular complexity index is 1010. The number of fused-ring (bicyclic) bond motifs is 1. The predicted molar refractivity (Wildman–Crippen MR) is 97.8 cm³/mol. The molecular formula is C22H15FO3. The van der Waals surface area contributed by atoms with Crippen molar-refractivity contribution < 1.29 is 18.7 Å². The summed E-state index contributed by atoms with van der Waals surface area (Å²) in [5.41, 5.74) is 2.82. The van der Waals surface area contributed by atoms with E-state index in [2.05, 4.69) is 0 Å². The summed E-state index contributed by atoms with van der Waals surface area (Å²) in [6.45, 7) is 0. The molecule has 3 aromatic carbocycles. The first-order valence-corrected chi connectivity index (χ1v) is 8.13. The van der Waals surface area contributed by atoms with Crippen LogP contribution in [-0.2, 0) is 0 Å². The maximum Gasteiger partial charge on any atom is 0.231 e. The SMILES string of the molecule is COc1cc2c(cc1-c1ccc(F)cc1)C(=O)/C(=C/c1ccccc1)O2. The number of halogens is 1. The van der Waals surface area contributed by atoms with Crippen LogP contribution < -0.4 is 9.47 Å². The molecule has 0 bridgehead atoms. The third-order valence-corrected chi connectivity index (χ3v) is 4.24. The fourth-order valence-corrected chi connectivity index (χ4v) is 2.94. The van der Waals surface area contributed by atoms with Crippen molar-refractivity contribution in [2.75, 3.05) is 7.11 Å². The lowest BCUT2D eigenvalue weighted by atomic mass is 9.99. The second kappa shape index (κ2) is 6.48. The molecule has 0 atom stereocenters. The van der Waals surface area contributed by atoms with Crippen molar-refractivity contribution in [2.45, 2.75) is 0 Å². The number of ether oxygens (including phenoxy) is 2. The standard InChI is InChI=1S/C22H15FO3/c1-25-19-13-20-18(12-17(19)15-7-9-16(23)10-8-15)22(24)21(26-20)11-14-5-3-2-4-6-14/h2-13H,1H3/b21-11-. The molecule has 0 aliphatic carbocycles. The first-order valence-electron chi connectivity index (χ1n) is 8.13. The van der Waals surface area contributed by atoms with Gasteiger partial charge in [0.1, 0.15) is 17.3 Å². The molecule has 4 rings (SSSR count). The van der Waals surface area contributed by atoms with Crippen molar-refractivity contribution >= 4 is 11.9 Å². The first kappa shape index (κ1) is 16.1. The van der Waals surface area contributed by atoms with E-state index in [-0.39, 0.29) is 17.4 Å². The Balaban J connectivity index is 1.77. The average molecular weight is 346 g/mol. The summed E-state index contributed by atoms with van der Waals surface area (Å²) in [7, 11) is 1.55. The topological polar surface area (TPSA) is 35.5 Å². The Kier molecular flexibility index (Phi) is 4.01. The highest BCUT2D eigenvalue weighted by atomic mass is 19.1.